The number of nitrogens with zero attached hydrogens (tertiary/aromatic N) is 2. The topological polar surface area (TPSA) is 57.7 Å². The minimum absolute atomic E-state index is 0.0264. The average Bonchev–Trinajstić information content (AvgIpc) is 3.01. The number of sulfonamides is 1. The third kappa shape index (κ3) is 2.15. The lowest BCUT2D eigenvalue weighted by Crippen LogP contribution is -2.50. The zero-order valence-electron chi connectivity index (χ0n) is 8.85. The SMILES string of the molecule is CC(=O)N1CCN(S(=O)(=O)C2CC2)CC1. The van der Waals surface area contributed by atoms with Gasteiger partial charge in [-0.05, 0) is 12.8 Å². The van der Waals surface area contributed by atoms with E-state index >= 15 is 0 Å². The van der Waals surface area contributed by atoms with Crippen molar-refractivity contribution in [3.8, 4) is 0 Å². The zero-order valence-corrected chi connectivity index (χ0v) is 9.66. The van der Waals surface area contributed by atoms with Crippen LogP contribution < -0.4 is 0 Å². The van der Waals surface area contributed by atoms with Gasteiger partial charge in [0.2, 0.25) is 15.9 Å². The van der Waals surface area contributed by atoms with Crippen LogP contribution in [-0.2, 0) is 14.8 Å². The fourth-order valence-corrected chi connectivity index (χ4v) is 3.66. The maximum atomic E-state index is 11.8. The summed E-state index contributed by atoms with van der Waals surface area (Å²) in [5, 5.41) is -0.138. The second-order valence-electron chi connectivity index (χ2n) is 4.15. The van der Waals surface area contributed by atoms with Crippen molar-refractivity contribution < 1.29 is 13.2 Å². The number of carbonyl (C=O) groups is 1. The molecule has 0 radical (unpaired) electrons. The molecule has 0 aromatic carbocycles. The molecule has 1 amide bonds. The van der Waals surface area contributed by atoms with E-state index in [1.165, 1.54) is 11.2 Å². The lowest BCUT2D eigenvalue weighted by atomic mass is 10.3. The molecule has 6 heteroatoms. The van der Waals surface area contributed by atoms with Crippen molar-refractivity contribution in [2.24, 2.45) is 0 Å². The van der Waals surface area contributed by atoms with Crippen LogP contribution >= 0.6 is 0 Å². The maximum Gasteiger partial charge on any atom is 0.219 e. The second-order valence-corrected chi connectivity index (χ2v) is 6.36. The van der Waals surface area contributed by atoms with Gasteiger partial charge in [-0.3, -0.25) is 4.79 Å². The van der Waals surface area contributed by atoms with Gasteiger partial charge in [-0.15, -0.1) is 0 Å². The normalized spacial score (nSPS) is 24.2. The van der Waals surface area contributed by atoms with Gasteiger partial charge in [0.25, 0.3) is 0 Å². The summed E-state index contributed by atoms with van der Waals surface area (Å²) < 4.78 is 25.2. The van der Waals surface area contributed by atoms with E-state index in [2.05, 4.69) is 0 Å². The first kappa shape index (κ1) is 10.9. The third-order valence-electron chi connectivity index (χ3n) is 2.99. The number of hydrogen-bond donors (Lipinski definition) is 0. The Balaban J connectivity index is 1.96. The molecule has 0 unspecified atom stereocenters. The molecular formula is C9H16N2O3S. The number of amides is 1. The summed E-state index contributed by atoms with van der Waals surface area (Å²) in [4.78, 5) is 12.8. The van der Waals surface area contributed by atoms with Crippen LogP contribution in [0.25, 0.3) is 0 Å². The Hall–Kier alpha value is -0.620. The van der Waals surface area contributed by atoms with Crippen LogP contribution in [0.3, 0.4) is 0 Å². The number of carbonyl (C=O) groups excluding carboxylic acids is 1. The molecule has 2 fully saturated rings. The zero-order chi connectivity index (χ0) is 11.1. The predicted octanol–water partition coefficient (Wildman–Crippen LogP) is -0.357. The molecule has 0 atom stereocenters. The minimum Gasteiger partial charge on any atom is -0.340 e. The third-order valence-corrected chi connectivity index (χ3v) is 5.39. The highest BCUT2D eigenvalue weighted by atomic mass is 32.2. The molecule has 0 aromatic heterocycles. The van der Waals surface area contributed by atoms with Gasteiger partial charge in [0.15, 0.2) is 0 Å². The minimum atomic E-state index is -3.04. The molecule has 1 aliphatic heterocycles. The van der Waals surface area contributed by atoms with Gasteiger partial charge >= 0.3 is 0 Å². The van der Waals surface area contributed by atoms with Crippen LogP contribution in [-0.4, -0.2) is 55.0 Å². The van der Waals surface area contributed by atoms with Crippen molar-refractivity contribution >= 4 is 15.9 Å². The van der Waals surface area contributed by atoms with Crippen molar-refractivity contribution in [2.75, 3.05) is 26.2 Å². The largest absolute Gasteiger partial charge is 0.340 e. The molecule has 1 aliphatic carbocycles. The molecular weight excluding hydrogens is 216 g/mol. The van der Waals surface area contributed by atoms with Gasteiger partial charge in [-0.1, -0.05) is 0 Å². The van der Waals surface area contributed by atoms with Crippen molar-refractivity contribution in [3.05, 3.63) is 0 Å². The van der Waals surface area contributed by atoms with Crippen LogP contribution in [0.15, 0.2) is 0 Å². The Morgan fingerprint density at radius 2 is 1.67 bits per heavy atom. The van der Waals surface area contributed by atoms with Gasteiger partial charge in [0.05, 0.1) is 5.25 Å². The van der Waals surface area contributed by atoms with Crippen LogP contribution in [0, 0.1) is 0 Å². The van der Waals surface area contributed by atoms with Gasteiger partial charge in [0, 0.05) is 33.1 Å². The summed E-state index contributed by atoms with van der Waals surface area (Å²) in [6, 6.07) is 0. The molecule has 2 rings (SSSR count). The molecule has 0 bridgehead atoms. The van der Waals surface area contributed by atoms with Crippen molar-refractivity contribution in [1.82, 2.24) is 9.21 Å². The summed E-state index contributed by atoms with van der Waals surface area (Å²) in [7, 11) is -3.04. The van der Waals surface area contributed by atoms with E-state index in [4.69, 9.17) is 0 Å². The molecule has 1 saturated carbocycles. The quantitative estimate of drug-likeness (QED) is 0.653. The van der Waals surface area contributed by atoms with Crippen LogP contribution in [0.1, 0.15) is 19.8 Å². The number of rotatable bonds is 2. The summed E-state index contributed by atoms with van der Waals surface area (Å²) >= 11 is 0. The van der Waals surface area contributed by atoms with Gasteiger partial charge in [-0.25, -0.2) is 8.42 Å². The lowest BCUT2D eigenvalue weighted by molar-refractivity contribution is -0.129. The average molecular weight is 232 g/mol. The molecule has 0 spiro atoms. The number of hydrogen-bond acceptors (Lipinski definition) is 3. The highest BCUT2D eigenvalue weighted by molar-refractivity contribution is 7.90. The summed E-state index contributed by atoms with van der Waals surface area (Å²) in [6.45, 7) is 3.49. The van der Waals surface area contributed by atoms with Gasteiger partial charge in [0.1, 0.15) is 0 Å². The molecule has 15 heavy (non-hydrogen) atoms. The summed E-state index contributed by atoms with van der Waals surface area (Å²) in [6.07, 6.45) is 1.60. The molecule has 1 heterocycles. The Bertz CT molecular complexity index is 354. The van der Waals surface area contributed by atoms with E-state index in [1.807, 2.05) is 0 Å². The van der Waals surface area contributed by atoms with Crippen LogP contribution in [0.4, 0.5) is 0 Å². The fourth-order valence-electron chi connectivity index (χ4n) is 1.83. The molecule has 86 valence electrons. The number of piperazine rings is 1. The van der Waals surface area contributed by atoms with E-state index in [9.17, 15) is 13.2 Å². The fraction of sp³-hybridized carbons (Fsp3) is 0.889. The van der Waals surface area contributed by atoms with E-state index in [1.54, 1.807) is 4.90 Å². The van der Waals surface area contributed by atoms with Crippen LogP contribution in [0.5, 0.6) is 0 Å². The Morgan fingerprint density at radius 3 is 2.07 bits per heavy atom. The summed E-state index contributed by atoms with van der Waals surface area (Å²) in [5.74, 6) is 0.0264. The highest BCUT2D eigenvalue weighted by Gasteiger charge is 2.41. The van der Waals surface area contributed by atoms with E-state index in [0.717, 1.165) is 12.8 Å². The van der Waals surface area contributed by atoms with Crippen molar-refractivity contribution in [3.63, 3.8) is 0 Å². The van der Waals surface area contributed by atoms with E-state index in [-0.39, 0.29) is 11.2 Å². The van der Waals surface area contributed by atoms with E-state index in [0.29, 0.717) is 26.2 Å². The first-order valence-electron chi connectivity index (χ1n) is 5.26. The van der Waals surface area contributed by atoms with Crippen molar-refractivity contribution in [2.45, 2.75) is 25.0 Å². The molecule has 2 aliphatic rings. The second kappa shape index (κ2) is 3.75. The molecule has 0 N–H and O–H groups in total. The lowest BCUT2D eigenvalue weighted by Gasteiger charge is -2.33. The maximum absolute atomic E-state index is 11.8. The monoisotopic (exact) mass is 232 g/mol. The van der Waals surface area contributed by atoms with Gasteiger partial charge < -0.3 is 4.90 Å². The van der Waals surface area contributed by atoms with Gasteiger partial charge in [-0.2, -0.15) is 4.31 Å². The summed E-state index contributed by atoms with van der Waals surface area (Å²) in [5.41, 5.74) is 0. The standard InChI is InChI=1S/C9H16N2O3S/c1-8(12)10-4-6-11(7-5-10)15(13,14)9-2-3-9/h9H,2-7H2,1H3. The Morgan fingerprint density at radius 1 is 1.13 bits per heavy atom. The molecule has 1 saturated heterocycles. The Labute approximate surface area is 90.1 Å². The predicted molar refractivity (Wildman–Crippen MR) is 55.8 cm³/mol. The Kier molecular flexibility index (Phi) is 2.72. The first-order chi connectivity index (χ1) is 7.01. The van der Waals surface area contributed by atoms with Crippen LogP contribution in [0.2, 0.25) is 0 Å². The molecule has 0 aromatic rings. The smallest absolute Gasteiger partial charge is 0.219 e. The molecule has 5 nitrogen and oxygen atoms in total. The highest BCUT2D eigenvalue weighted by Crippen LogP contribution is 2.31. The van der Waals surface area contributed by atoms with E-state index < -0.39 is 10.0 Å². The first-order valence-corrected chi connectivity index (χ1v) is 6.76. The van der Waals surface area contributed by atoms with Crippen molar-refractivity contribution in [1.29, 1.82) is 0 Å².